The number of aryl methyl sites for hydroxylation is 1. The second-order valence-corrected chi connectivity index (χ2v) is 8.11. The molecule has 11 heteroatoms. The Bertz CT molecular complexity index is 1120. The van der Waals surface area contributed by atoms with E-state index < -0.39 is 16.0 Å². The number of hydrogen-bond acceptors (Lipinski definition) is 7. The lowest BCUT2D eigenvalue weighted by atomic mass is 10.2. The lowest BCUT2D eigenvalue weighted by Gasteiger charge is -2.12. The third-order valence-corrected chi connectivity index (χ3v) is 5.89. The fourth-order valence-corrected chi connectivity index (χ4v) is 4.39. The first kappa shape index (κ1) is 20.0. The lowest BCUT2D eigenvalue weighted by Crippen LogP contribution is -2.18. The molecule has 146 valence electrons. The first-order valence-corrected chi connectivity index (χ1v) is 10.4. The van der Waals surface area contributed by atoms with Gasteiger partial charge in [0.15, 0.2) is 0 Å². The van der Waals surface area contributed by atoms with Crippen LogP contribution in [0.5, 0.6) is 0 Å². The molecule has 9 nitrogen and oxygen atoms in total. The zero-order valence-corrected chi connectivity index (χ0v) is 17.4. The highest BCUT2D eigenvalue weighted by molar-refractivity contribution is 9.10. The van der Waals surface area contributed by atoms with Gasteiger partial charge in [0.1, 0.15) is 10.7 Å². The molecule has 2 heterocycles. The molecule has 0 amide bonds. The molecule has 0 aliphatic heterocycles. The lowest BCUT2D eigenvalue weighted by molar-refractivity contribution is 0.0526. The van der Waals surface area contributed by atoms with Gasteiger partial charge in [0.25, 0.3) is 16.0 Å². The van der Waals surface area contributed by atoms with Gasteiger partial charge < -0.3 is 4.74 Å². The van der Waals surface area contributed by atoms with Gasteiger partial charge in [-0.05, 0) is 54.0 Å². The number of anilines is 1. The summed E-state index contributed by atoms with van der Waals surface area (Å²) in [5.74, 6) is -0.227. The number of halogens is 1. The average Bonchev–Trinajstić information content (AvgIpc) is 3.02. The average molecular weight is 466 g/mol. The van der Waals surface area contributed by atoms with E-state index in [9.17, 15) is 13.2 Å². The van der Waals surface area contributed by atoms with Gasteiger partial charge in [0.05, 0.1) is 17.9 Å². The van der Waals surface area contributed by atoms with Crippen LogP contribution in [-0.2, 0) is 14.8 Å². The number of ether oxygens (including phenoxy) is 1. The van der Waals surface area contributed by atoms with Gasteiger partial charge in [-0.3, -0.25) is 4.72 Å². The van der Waals surface area contributed by atoms with Crippen LogP contribution >= 0.6 is 15.9 Å². The van der Waals surface area contributed by atoms with Crippen LogP contribution in [-0.4, -0.2) is 40.7 Å². The first-order chi connectivity index (χ1) is 13.3. The highest BCUT2D eigenvalue weighted by Crippen LogP contribution is 2.26. The quantitative estimate of drug-likeness (QED) is 0.556. The van der Waals surface area contributed by atoms with Crippen LogP contribution in [0, 0.1) is 6.92 Å². The predicted octanol–water partition coefficient (Wildman–Crippen LogP) is 2.71. The van der Waals surface area contributed by atoms with Crippen LogP contribution < -0.4 is 4.72 Å². The van der Waals surface area contributed by atoms with E-state index in [0.717, 1.165) is 0 Å². The minimum absolute atomic E-state index is 0.113. The molecule has 0 atom stereocenters. The fourth-order valence-electron chi connectivity index (χ4n) is 2.37. The molecule has 0 unspecified atom stereocenters. The van der Waals surface area contributed by atoms with E-state index in [2.05, 4.69) is 35.7 Å². The van der Waals surface area contributed by atoms with E-state index in [1.807, 2.05) is 0 Å². The molecule has 0 saturated carbocycles. The molecule has 2 aromatic heterocycles. The number of nitrogens with one attached hydrogen (secondary N) is 1. The van der Waals surface area contributed by atoms with Gasteiger partial charge in [-0.25, -0.2) is 23.2 Å². The topological polar surface area (TPSA) is 116 Å². The first-order valence-electron chi connectivity index (χ1n) is 8.15. The molecule has 3 rings (SSSR count). The van der Waals surface area contributed by atoms with Crippen molar-refractivity contribution in [2.24, 2.45) is 0 Å². The molecule has 0 aliphatic rings. The van der Waals surface area contributed by atoms with Crippen molar-refractivity contribution in [2.75, 3.05) is 11.3 Å². The van der Waals surface area contributed by atoms with Crippen LogP contribution in [0.2, 0.25) is 0 Å². The Morgan fingerprint density at radius 3 is 2.64 bits per heavy atom. The smallest absolute Gasteiger partial charge is 0.338 e. The summed E-state index contributed by atoms with van der Waals surface area (Å²) >= 11 is 3.22. The summed E-state index contributed by atoms with van der Waals surface area (Å²) in [6, 6.07) is 7.40. The monoisotopic (exact) mass is 465 g/mol. The van der Waals surface area contributed by atoms with Crippen molar-refractivity contribution < 1.29 is 17.9 Å². The molecule has 0 aliphatic carbocycles. The molecule has 0 radical (unpaired) electrons. The Balaban J connectivity index is 2.00. The van der Waals surface area contributed by atoms with Crippen LogP contribution in [0.4, 0.5) is 5.82 Å². The number of hydrogen-bond donors (Lipinski definition) is 1. The molecule has 0 spiro atoms. The molecule has 3 aromatic rings. The van der Waals surface area contributed by atoms with Crippen molar-refractivity contribution in [2.45, 2.75) is 18.7 Å². The van der Waals surface area contributed by atoms with Crippen molar-refractivity contribution in [3.05, 3.63) is 58.5 Å². The van der Waals surface area contributed by atoms with Crippen LogP contribution in [0.25, 0.3) is 5.95 Å². The molecule has 1 N–H and O–H groups in total. The van der Waals surface area contributed by atoms with E-state index in [1.54, 1.807) is 26.0 Å². The molecule has 0 fully saturated rings. The van der Waals surface area contributed by atoms with E-state index >= 15 is 0 Å². The minimum Gasteiger partial charge on any atom is -0.462 e. The molecular weight excluding hydrogens is 450 g/mol. The Hall–Kier alpha value is -2.79. The highest BCUT2D eigenvalue weighted by Gasteiger charge is 2.23. The van der Waals surface area contributed by atoms with Crippen molar-refractivity contribution in [1.82, 2.24) is 19.7 Å². The zero-order chi connectivity index (χ0) is 20.3. The minimum atomic E-state index is -4.05. The Morgan fingerprint density at radius 2 is 1.96 bits per heavy atom. The number of rotatable bonds is 6. The standard InChI is InChI=1S/C17H16BrN5O4S/c1-3-27-16(24)12-5-6-13(18)14(10-12)28(25,26)22-15-9-11(2)21-23(15)17-19-7-4-8-20-17/h4-10,22H,3H2,1-2H3. The summed E-state index contributed by atoms with van der Waals surface area (Å²) in [6.07, 6.45) is 3.05. The number of carbonyl (C=O) groups excluding carboxylic acids is 1. The number of benzene rings is 1. The van der Waals surface area contributed by atoms with Crippen LogP contribution in [0.15, 0.2) is 52.1 Å². The summed E-state index contributed by atoms with van der Waals surface area (Å²) in [4.78, 5) is 20.0. The zero-order valence-electron chi connectivity index (χ0n) is 15.0. The van der Waals surface area contributed by atoms with Gasteiger partial charge >= 0.3 is 5.97 Å². The summed E-state index contributed by atoms with van der Waals surface area (Å²) < 4.78 is 34.9. The number of carbonyl (C=O) groups is 1. The van der Waals surface area contributed by atoms with Crippen LogP contribution in [0.1, 0.15) is 23.0 Å². The maximum absolute atomic E-state index is 13.0. The number of sulfonamides is 1. The van der Waals surface area contributed by atoms with Crippen molar-refractivity contribution in [1.29, 1.82) is 0 Å². The van der Waals surface area contributed by atoms with Gasteiger partial charge in [0, 0.05) is 22.9 Å². The fraction of sp³-hybridized carbons (Fsp3) is 0.176. The van der Waals surface area contributed by atoms with Crippen molar-refractivity contribution in [3.63, 3.8) is 0 Å². The van der Waals surface area contributed by atoms with E-state index in [1.165, 1.54) is 35.3 Å². The highest BCUT2D eigenvalue weighted by atomic mass is 79.9. The van der Waals surface area contributed by atoms with Gasteiger partial charge in [-0.15, -0.1) is 0 Å². The second kappa shape index (κ2) is 8.07. The number of aromatic nitrogens is 4. The predicted molar refractivity (Wildman–Crippen MR) is 105 cm³/mol. The number of nitrogens with zero attached hydrogens (tertiary/aromatic N) is 4. The largest absolute Gasteiger partial charge is 0.462 e. The summed E-state index contributed by atoms with van der Waals surface area (Å²) in [6.45, 7) is 3.57. The van der Waals surface area contributed by atoms with Crippen LogP contribution in [0.3, 0.4) is 0 Å². The Morgan fingerprint density at radius 1 is 1.25 bits per heavy atom. The Labute approximate surface area is 170 Å². The van der Waals surface area contributed by atoms with Crippen molar-refractivity contribution >= 4 is 37.7 Å². The van der Waals surface area contributed by atoms with Gasteiger partial charge in [0.2, 0.25) is 0 Å². The van der Waals surface area contributed by atoms with E-state index in [4.69, 9.17) is 4.74 Å². The van der Waals surface area contributed by atoms with Gasteiger partial charge in [-0.1, -0.05) is 0 Å². The number of esters is 1. The van der Waals surface area contributed by atoms with E-state index in [-0.39, 0.29) is 28.8 Å². The SMILES string of the molecule is CCOC(=O)c1ccc(Br)c(S(=O)(=O)Nc2cc(C)nn2-c2ncccn2)c1. The molecule has 0 saturated heterocycles. The van der Waals surface area contributed by atoms with Crippen molar-refractivity contribution in [3.8, 4) is 5.95 Å². The summed E-state index contributed by atoms with van der Waals surface area (Å²) in [7, 11) is -4.05. The summed E-state index contributed by atoms with van der Waals surface area (Å²) in [5.41, 5.74) is 0.700. The molecular formula is C17H16BrN5O4S. The van der Waals surface area contributed by atoms with Gasteiger partial charge in [-0.2, -0.15) is 9.78 Å². The maximum atomic E-state index is 13.0. The molecule has 1 aromatic carbocycles. The van der Waals surface area contributed by atoms with E-state index in [0.29, 0.717) is 10.2 Å². The molecule has 0 bridgehead atoms. The molecule has 28 heavy (non-hydrogen) atoms. The Kier molecular flexibility index (Phi) is 5.75. The normalized spacial score (nSPS) is 11.2. The third kappa shape index (κ3) is 4.20. The third-order valence-electron chi connectivity index (χ3n) is 3.54. The second-order valence-electron chi connectivity index (χ2n) is 5.60. The maximum Gasteiger partial charge on any atom is 0.338 e. The summed E-state index contributed by atoms with van der Waals surface area (Å²) in [5, 5.41) is 4.23.